The number of carbonyl (C=O) groups is 1. The van der Waals surface area contributed by atoms with Crippen molar-refractivity contribution in [2.24, 2.45) is 5.92 Å². The zero-order valence-corrected chi connectivity index (χ0v) is 19.4. The van der Waals surface area contributed by atoms with Gasteiger partial charge in [-0.15, -0.1) is 0 Å². The molecule has 1 saturated carbocycles. The first-order valence-electron chi connectivity index (χ1n) is 10.9. The Hall–Kier alpha value is -3.03. The molecule has 0 bridgehead atoms. The van der Waals surface area contributed by atoms with Gasteiger partial charge in [-0.05, 0) is 62.9 Å². The van der Waals surface area contributed by atoms with Crippen molar-refractivity contribution in [3.63, 3.8) is 0 Å². The van der Waals surface area contributed by atoms with Crippen LogP contribution in [0.4, 0.5) is 0 Å². The van der Waals surface area contributed by atoms with Gasteiger partial charge in [0.15, 0.2) is 12.4 Å². The van der Waals surface area contributed by atoms with Gasteiger partial charge in [-0.2, -0.15) is 0 Å². The molecule has 0 N–H and O–H groups in total. The smallest absolute Gasteiger partial charge is 0.338 e. The highest BCUT2D eigenvalue weighted by Gasteiger charge is 2.15. The van der Waals surface area contributed by atoms with E-state index in [0.717, 1.165) is 40.8 Å². The second-order valence-electron chi connectivity index (χ2n) is 8.47. The quantitative estimate of drug-likeness (QED) is 0.325. The zero-order valence-electron chi connectivity index (χ0n) is 18.6. The average Bonchev–Trinajstić information content (AvgIpc) is 3.42. The van der Waals surface area contributed by atoms with Crippen molar-refractivity contribution in [1.82, 2.24) is 5.16 Å². The Bertz CT molecular complexity index is 1190. The minimum Gasteiger partial charge on any atom is -0.454 e. The monoisotopic (exact) mass is 447 g/mol. The van der Waals surface area contributed by atoms with Gasteiger partial charge < -0.3 is 9.26 Å². The summed E-state index contributed by atoms with van der Waals surface area (Å²) in [5, 5.41) is 4.62. The Balaban J connectivity index is 1.41. The van der Waals surface area contributed by atoms with E-state index in [1.54, 1.807) is 18.2 Å². The molecular formula is C27H26ClNO3. The van der Waals surface area contributed by atoms with Crippen LogP contribution in [0.25, 0.3) is 11.3 Å². The standard InChI is InChI=1S/C27H26ClNO3/c1-17-12-18(2)26(19(3)13-17)25-15-23(32-29-25)16-31-27(30)22-11-10-21(24(28)14-22)9-8-20-6-4-5-7-20/h10-15,20H,4-7,16H2,1-3H3. The van der Waals surface area contributed by atoms with Crippen LogP contribution >= 0.6 is 11.6 Å². The van der Waals surface area contributed by atoms with Crippen molar-refractivity contribution in [1.29, 1.82) is 0 Å². The fourth-order valence-electron chi connectivity index (χ4n) is 4.30. The summed E-state index contributed by atoms with van der Waals surface area (Å²) in [6.45, 7) is 6.17. The summed E-state index contributed by atoms with van der Waals surface area (Å²) in [5.74, 6) is 6.91. The number of rotatable bonds is 4. The molecule has 2 aromatic carbocycles. The maximum atomic E-state index is 12.5. The molecule has 0 aliphatic heterocycles. The van der Waals surface area contributed by atoms with E-state index in [1.165, 1.54) is 18.4 Å². The van der Waals surface area contributed by atoms with Gasteiger partial charge in [0.05, 0.1) is 10.6 Å². The van der Waals surface area contributed by atoms with Gasteiger partial charge in [-0.1, -0.05) is 59.1 Å². The lowest BCUT2D eigenvalue weighted by atomic mass is 9.97. The van der Waals surface area contributed by atoms with Gasteiger partial charge >= 0.3 is 5.97 Å². The van der Waals surface area contributed by atoms with Gasteiger partial charge in [-0.25, -0.2) is 4.79 Å². The first-order valence-corrected chi connectivity index (χ1v) is 11.3. The van der Waals surface area contributed by atoms with Gasteiger partial charge in [0.1, 0.15) is 5.69 Å². The van der Waals surface area contributed by atoms with Crippen LogP contribution in [0.1, 0.15) is 64.1 Å². The van der Waals surface area contributed by atoms with Gasteiger partial charge in [-0.3, -0.25) is 0 Å². The number of ether oxygens (including phenoxy) is 1. The van der Waals surface area contributed by atoms with E-state index in [9.17, 15) is 4.79 Å². The SMILES string of the molecule is Cc1cc(C)c(-c2cc(COC(=O)c3ccc(C#CC4CCCC4)c(Cl)c3)on2)c(C)c1. The molecule has 5 heteroatoms. The van der Waals surface area contributed by atoms with Gasteiger partial charge in [0.25, 0.3) is 0 Å². The van der Waals surface area contributed by atoms with Crippen LogP contribution in [-0.4, -0.2) is 11.1 Å². The van der Waals surface area contributed by atoms with Crippen molar-refractivity contribution in [3.05, 3.63) is 75.0 Å². The van der Waals surface area contributed by atoms with Crippen LogP contribution in [0.5, 0.6) is 0 Å². The van der Waals surface area contributed by atoms with Crippen molar-refractivity contribution in [2.75, 3.05) is 0 Å². The molecule has 1 aromatic heterocycles. The third-order valence-electron chi connectivity index (χ3n) is 5.81. The number of halogens is 1. The summed E-state index contributed by atoms with van der Waals surface area (Å²) < 4.78 is 10.8. The molecule has 1 aliphatic rings. The molecule has 164 valence electrons. The van der Waals surface area contributed by atoms with Gasteiger partial charge in [0.2, 0.25) is 0 Å². The van der Waals surface area contributed by atoms with Crippen molar-refractivity contribution < 1.29 is 14.1 Å². The molecule has 0 amide bonds. The lowest BCUT2D eigenvalue weighted by molar-refractivity contribution is 0.0437. The highest BCUT2D eigenvalue weighted by molar-refractivity contribution is 6.32. The van der Waals surface area contributed by atoms with E-state index in [4.69, 9.17) is 20.9 Å². The summed E-state index contributed by atoms with van der Waals surface area (Å²) in [4.78, 5) is 12.5. The average molecular weight is 448 g/mol. The number of benzene rings is 2. The predicted octanol–water partition coefficient (Wildman–Crippen LogP) is 6.82. The Morgan fingerprint density at radius 1 is 1.12 bits per heavy atom. The molecule has 0 spiro atoms. The maximum absolute atomic E-state index is 12.5. The largest absolute Gasteiger partial charge is 0.454 e. The highest BCUT2D eigenvalue weighted by Crippen LogP contribution is 2.28. The van der Waals surface area contributed by atoms with E-state index in [1.807, 2.05) is 6.07 Å². The fourth-order valence-corrected chi connectivity index (χ4v) is 4.52. The Labute approximate surface area is 193 Å². The zero-order chi connectivity index (χ0) is 22.7. The lowest BCUT2D eigenvalue weighted by Gasteiger charge is -2.07. The van der Waals surface area contributed by atoms with Crippen LogP contribution in [0, 0.1) is 38.5 Å². The van der Waals surface area contributed by atoms with Crippen molar-refractivity contribution >= 4 is 17.6 Å². The summed E-state index contributed by atoms with van der Waals surface area (Å²) in [6.07, 6.45) is 4.80. The normalized spacial score (nSPS) is 13.6. The summed E-state index contributed by atoms with van der Waals surface area (Å²) in [6, 6.07) is 11.1. The van der Waals surface area contributed by atoms with E-state index >= 15 is 0 Å². The number of hydrogen-bond acceptors (Lipinski definition) is 4. The topological polar surface area (TPSA) is 52.3 Å². The number of aromatic nitrogens is 1. The number of aryl methyl sites for hydroxylation is 3. The minimum absolute atomic E-state index is 0.00333. The number of esters is 1. The molecule has 1 fully saturated rings. The molecule has 0 atom stereocenters. The number of carbonyl (C=O) groups excluding carboxylic acids is 1. The summed E-state index contributed by atoms with van der Waals surface area (Å²) >= 11 is 6.35. The third-order valence-corrected chi connectivity index (χ3v) is 6.12. The molecule has 4 rings (SSSR count). The molecule has 32 heavy (non-hydrogen) atoms. The molecule has 4 nitrogen and oxygen atoms in total. The van der Waals surface area contributed by atoms with Crippen LogP contribution in [-0.2, 0) is 11.3 Å². The lowest BCUT2D eigenvalue weighted by Crippen LogP contribution is -2.05. The number of nitrogens with zero attached hydrogens (tertiary/aromatic N) is 1. The second-order valence-corrected chi connectivity index (χ2v) is 8.88. The molecule has 3 aromatic rings. The van der Waals surface area contributed by atoms with E-state index in [2.05, 4.69) is 49.9 Å². The summed E-state index contributed by atoms with van der Waals surface area (Å²) in [5.41, 5.74) is 6.35. The van der Waals surface area contributed by atoms with Crippen LogP contribution in [0.2, 0.25) is 5.02 Å². The van der Waals surface area contributed by atoms with Crippen molar-refractivity contribution in [2.45, 2.75) is 53.1 Å². The minimum atomic E-state index is -0.470. The highest BCUT2D eigenvalue weighted by atomic mass is 35.5. The Kier molecular flexibility index (Phi) is 6.67. The molecule has 1 heterocycles. The van der Waals surface area contributed by atoms with E-state index < -0.39 is 5.97 Å². The first-order chi connectivity index (χ1) is 15.4. The van der Waals surface area contributed by atoms with Crippen LogP contribution in [0.3, 0.4) is 0 Å². The van der Waals surface area contributed by atoms with Crippen LogP contribution in [0.15, 0.2) is 40.9 Å². The van der Waals surface area contributed by atoms with Crippen molar-refractivity contribution in [3.8, 4) is 23.1 Å². The fraction of sp³-hybridized carbons (Fsp3) is 0.333. The third kappa shape index (κ3) is 5.06. The van der Waals surface area contributed by atoms with E-state index in [-0.39, 0.29) is 6.61 Å². The second kappa shape index (κ2) is 9.63. The van der Waals surface area contributed by atoms with Gasteiger partial charge in [0, 0.05) is 23.1 Å². The Morgan fingerprint density at radius 2 is 1.84 bits per heavy atom. The maximum Gasteiger partial charge on any atom is 0.338 e. The molecule has 1 aliphatic carbocycles. The van der Waals surface area contributed by atoms with E-state index in [0.29, 0.717) is 22.3 Å². The summed E-state index contributed by atoms with van der Waals surface area (Å²) in [7, 11) is 0. The predicted molar refractivity (Wildman–Crippen MR) is 126 cm³/mol. The van der Waals surface area contributed by atoms with Crippen LogP contribution < -0.4 is 0 Å². The molecule has 0 unspecified atom stereocenters. The molecular weight excluding hydrogens is 422 g/mol. The molecule has 0 saturated heterocycles. The first kappa shape index (κ1) is 22.2. The Morgan fingerprint density at radius 3 is 2.53 bits per heavy atom. The number of hydrogen-bond donors (Lipinski definition) is 0. The molecule has 0 radical (unpaired) electrons.